The fraction of sp³-hybridized carbons (Fsp3) is 0.200. The number of hydrogen-bond donors (Lipinski definition) is 1. The molecular formula is C20H19Cl2NO4. The lowest BCUT2D eigenvalue weighted by atomic mass is 10.2. The van der Waals surface area contributed by atoms with Gasteiger partial charge in [0.1, 0.15) is 5.75 Å². The minimum absolute atomic E-state index is 0.407. The SMILES string of the molecule is CCOc1ccccc1NC(=O)C(C)OC(=O)C=Cc1ccc(Cl)cc1Cl. The molecule has 0 heterocycles. The predicted molar refractivity (Wildman–Crippen MR) is 107 cm³/mol. The van der Waals surface area contributed by atoms with Crippen LogP contribution < -0.4 is 10.1 Å². The number of anilines is 1. The van der Waals surface area contributed by atoms with Crippen molar-refractivity contribution in [2.75, 3.05) is 11.9 Å². The molecule has 0 aliphatic carbocycles. The lowest BCUT2D eigenvalue weighted by molar-refractivity contribution is -0.148. The topological polar surface area (TPSA) is 64.6 Å². The van der Waals surface area contributed by atoms with Crippen molar-refractivity contribution in [1.29, 1.82) is 0 Å². The number of nitrogens with one attached hydrogen (secondary N) is 1. The minimum atomic E-state index is -0.988. The predicted octanol–water partition coefficient (Wildman–Crippen LogP) is 4.98. The van der Waals surface area contributed by atoms with Crippen molar-refractivity contribution >= 4 is 46.8 Å². The van der Waals surface area contributed by atoms with E-state index >= 15 is 0 Å². The van der Waals surface area contributed by atoms with Gasteiger partial charge < -0.3 is 14.8 Å². The second kappa shape index (κ2) is 10.00. The maximum Gasteiger partial charge on any atom is 0.331 e. The van der Waals surface area contributed by atoms with Crippen molar-refractivity contribution in [2.24, 2.45) is 0 Å². The standard InChI is InChI=1S/C20H19Cl2NO4/c1-3-26-18-7-5-4-6-17(18)23-20(25)13(2)27-19(24)11-9-14-8-10-15(21)12-16(14)22/h4-13H,3H2,1-2H3,(H,23,25). The molecule has 0 fully saturated rings. The molecule has 2 aromatic carbocycles. The second-order valence-electron chi connectivity index (χ2n) is 5.50. The third kappa shape index (κ3) is 6.31. The van der Waals surface area contributed by atoms with Crippen molar-refractivity contribution in [1.82, 2.24) is 0 Å². The third-order valence-corrected chi connectivity index (χ3v) is 4.03. The summed E-state index contributed by atoms with van der Waals surface area (Å²) in [5.41, 5.74) is 1.12. The van der Waals surface area contributed by atoms with Crippen molar-refractivity contribution in [3.63, 3.8) is 0 Å². The van der Waals surface area contributed by atoms with E-state index in [-0.39, 0.29) is 0 Å². The Kier molecular flexibility index (Phi) is 7.70. The summed E-state index contributed by atoms with van der Waals surface area (Å²) in [6.07, 6.45) is 1.71. The van der Waals surface area contributed by atoms with Crippen LogP contribution in [0.5, 0.6) is 5.75 Å². The summed E-state index contributed by atoms with van der Waals surface area (Å²) in [5, 5.41) is 3.59. The van der Waals surface area contributed by atoms with Gasteiger partial charge in [0.25, 0.3) is 5.91 Å². The van der Waals surface area contributed by atoms with E-state index in [1.807, 2.05) is 6.92 Å². The molecule has 1 atom stereocenters. The van der Waals surface area contributed by atoms with Crippen LogP contribution in [0.25, 0.3) is 6.08 Å². The second-order valence-corrected chi connectivity index (χ2v) is 6.34. The molecule has 0 aliphatic heterocycles. The number of ether oxygens (including phenoxy) is 2. The van der Waals surface area contributed by atoms with Crippen molar-refractivity contribution in [3.05, 3.63) is 64.1 Å². The van der Waals surface area contributed by atoms with E-state index in [1.54, 1.807) is 42.5 Å². The van der Waals surface area contributed by atoms with Gasteiger partial charge >= 0.3 is 5.97 Å². The molecule has 27 heavy (non-hydrogen) atoms. The smallest absolute Gasteiger partial charge is 0.331 e. The number of carbonyl (C=O) groups excluding carboxylic acids is 2. The largest absolute Gasteiger partial charge is 0.492 e. The molecule has 7 heteroatoms. The van der Waals surface area contributed by atoms with Gasteiger partial charge in [-0.3, -0.25) is 4.79 Å². The zero-order valence-corrected chi connectivity index (χ0v) is 16.4. The van der Waals surface area contributed by atoms with E-state index in [9.17, 15) is 9.59 Å². The molecular weight excluding hydrogens is 389 g/mol. The fourth-order valence-electron chi connectivity index (χ4n) is 2.15. The lowest BCUT2D eigenvalue weighted by Gasteiger charge is -2.15. The number of amides is 1. The van der Waals surface area contributed by atoms with Gasteiger partial charge in [0, 0.05) is 16.1 Å². The Balaban J connectivity index is 1.95. The highest BCUT2D eigenvalue weighted by atomic mass is 35.5. The summed E-state index contributed by atoms with van der Waals surface area (Å²) in [5.74, 6) is -0.584. The molecule has 0 spiro atoms. The zero-order valence-electron chi connectivity index (χ0n) is 14.9. The first-order chi connectivity index (χ1) is 12.9. The Morgan fingerprint density at radius 2 is 1.93 bits per heavy atom. The van der Waals surface area contributed by atoms with Crippen molar-refractivity contribution in [2.45, 2.75) is 20.0 Å². The van der Waals surface area contributed by atoms with Gasteiger partial charge in [-0.2, -0.15) is 0 Å². The highest BCUT2D eigenvalue weighted by Gasteiger charge is 2.18. The van der Waals surface area contributed by atoms with E-state index in [0.29, 0.717) is 33.7 Å². The number of carbonyl (C=O) groups is 2. The molecule has 1 N–H and O–H groups in total. The molecule has 0 saturated carbocycles. The highest BCUT2D eigenvalue weighted by Crippen LogP contribution is 2.24. The van der Waals surface area contributed by atoms with Gasteiger partial charge in [0.15, 0.2) is 6.10 Å². The molecule has 2 rings (SSSR count). The summed E-state index contributed by atoms with van der Waals surface area (Å²) < 4.78 is 10.6. The van der Waals surface area contributed by atoms with Gasteiger partial charge in [-0.05, 0) is 49.8 Å². The molecule has 0 aliphatic rings. The van der Waals surface area contributed by atoms with E-state index in [1.165, 1.54) is 19.1 Å². The number of benzene rings is 2. The summed E-state index contributed by atoms with van der Waals surface area (Å²) in [4.78, 5) is 24.2. The van der Waals surface area contributed by atoms with E-state index in [4.69, 9.17) is 32.7 Å². The molecule has 1 amide bonds. The first-order valence-corrected chi connectivity index (χ1v) is 9.02. The third-order valence-electron chi connectivity index (χ3n) is 3.47. The van der Waals surface area contributed by atoms with E-state index in [2.05, 4.69) is 5.32 Å². The molecule has 0 saturated heterocycles. The van der Waals surface area contributed by atoms with E-state index < -0.39 is 18.0 Å². The van der Waals surface area contributed by atoms with Gasteiger partial charge in [-0.15, -0.1) is 0 Å². The van der Waals surface area contributed by atoms with Crippen LogP contribution in [-0.2, 0) is 14.3 Å². The average molecular weight is 408 g/mol. The maximum atomic E-state index is 12.3. The van der Waals surface area contributed by atoms with Gasteiger partial charge in [0.2, 0.25) is 0 Å². The molecule has 0 aromatic heterocycles. The Bertz CT molecular complexity index is 852. The number of para-hydroxylation sites is 2. The summed E-state index contributed by atoms with van der Waals surface area (Å²) in [6, 6.07) is 11.9. The number of rotatable bonds is 7. The molecule has 0 radical (unpaired) electrons. The van der Waals surface area contributed by atoms with E-state index in [0.717, 1.165) is 0 Å². The van der Waals surface area contributed by atoms with Gasteiger partial charge in [-0.1, -0.05) is 41.4 Å². The van der Waals surface area contributed by atoms with Crippen LogP contribution in [0.4, 0.5) is 5.69 Å². The fourth-order valence-corrected chi connectivity index (χ4v) is 2.62. The van der Waals surface area contributed by atoms with Crippen LogP contribution in [0.2, 0.25) is 10.0 Å². The van der Waals surface area contributed by atoms with Crippen LogP contribution in [0.3, 0.4) is 0 Å². The number of esters is 1. The molecule has 0 bridgehead atoms. The Hall–Kier alpha value is -2.50. The zero-order chi connectivity index (χ0) is 19.8. The Labute approximate surface area is 167 Å². The summed E-state index contributed by atoms with van der Waals surface area (Å²) in [7, 11) is 0. The molecule has 142 valence electrons. The average Bonchev–Trinajstić information content (AvgIpc) is 2.62. The molecule has 1 unspecified atom stereocenters. The summed E-state index contributed by atoms with van der Waals surface area (Å²) in [6.45, 7) is 3.80. The molecule has 2 aromatic rings. The lowest BCUT2D eigenvalue weighted by Crippen LogP contribution is -2.29. The van der Waals surface area contributed by atoms with Crippen molar-refractivity contribution < 1.29 is 19.1 Å². The quantitative estimate of drug-likeness (QED) is 0.519. The molecule has 5 nitrogen and oxygen atoms in total. The monoisotopic (exact) mass is 407 g/mol. The van der Waals surface area contributed by atoms with Crippen LogP contribution in [-0.4, -0.2) is 24.6 Å². The Morgan fingerprint density at radius 1 is 1.19 bits per heavy atom. The van der Waals surface area contributed by atoms with Gasteiger partial charge in [0.05, 0.1) is 12.3 Å². The number of halogens is 2. The normalized spacial score (nSPS) is 11.9. The van der Waals surface area contributed by atoms with Gasteiger partial charge in [-0.25, -0.2) is 4.79 Å². The maximum absolute atomic E-state index is 12.3. The highest BCUT2D eigenvalue weighted by molar-refractivity contribution is 6.35. The first-order valence-electron chi connectivity index (χ1n) is 8.27. The van der Waals surface area contributed by atoms with Crippen LogP contribution in [0.15, 0.2) is 48.5 Å². The van der Waals surface area contributed by atoms with Crippen LogP contribution in [0.1, 0.15) is 19.4 Å². The minimum Gasteiger partial charge on any atom is -0.492 e. The first kappa shape index (κ1) is 20.8. The Morgan fingerprint density at radius 3 is 2.63 bits per heavy atom. The number of hydrogen-bond acceptors (Lipinski definition) is 4. The van der Waals surface area contributed by atoms with Crippen LogP contribution in [0, 0.1) is 0 Å². The van der Waals surface area contributed by atoms with Crippen LogP contribution >= 0.6 is 23.2 Å². The summed E-state index contributed by atoms with van der Waals surface area (Å²) >= 11 is 11.9. The van der Waals surface area contributed by atoms with Crippen molar-refractivity contribution in [3.8, 4) is 5.75 Å².